The van der Waals surface area contributed by atoms with Gasteiger partial charge in [-0.25, -0.2) is 13.1 Å². The first-order valence-corrected chi connectivity index (χ1v) is 13.8. The Morgan fingerprint density at radius 1 is 1.03 bits per heavy atom. The van der Waals surface area contributed by atoms with Gasteiger partial charge in [0, 0.05) is 30.0 Å². The van der Waals surface area contributed by atoms with Crippen LogP contribution in [0.5, 0.6) is 0 Å². The first kappa shape index (κ1) is 21.1. The Balaban J connectivity index is 1.64. The van der Waals surface area contributed by atoms with Crippen LogP contribution in [-0.2, 0) is 14.6 Å². The number of hydrogen-bond donors (Lipinski definition) is 0. The molecule has 2 saturated carbocycles. The van der Waals surface area contributed by atoms with Crippen molar-refractivity contribution in [2.75, 3.05) is 12.9 Å². The normalized spacial score (nSPS) is 21.6. The lowest BCUT2D eigenvalue weighted by molar-refractivity contribution is -0.0369. The molecule has 2 aliphatic carbocycles. The van der Waals surface area contributed by atoms with Crippen molar-refractivity contribution in [1.82, 2.24) is 14.3 Å². The molecular formula is C25H29N3O4S. The number of hydrogen-bond acceptors (Lipinski definition) is 5. The van der Waals surface area contributed by atoms with E-state index in [1.807, 2.05) is 10.7 Å². The third-order valence-electron chi connectivity index (χ3n) is 7.14. The minimum atomic E-state index is -3.34. The molecule has 33 heavy (non-hydrogen) atoms. The largest absolute Gasteiger partial charge is 0.356 e. The molecule has 6 rings (SSSR count). The van der Waals surface area contributed by atoms with Gasteiger partial charge in [-0.3, -0.25) is 9.36 Å². The molecule has 7 nitrogen and oxygen atoms in total. The van der Waals surface area contributed by atoms with E-state index >= 15 is 0 Å². The van der Waals surface area contributed by atoms with Crippen LogP contribution in [0.25, 0.3) is 16.7 Å². The van der Waals surface area contributed by atoms with E-state index in [9.17, 15) is 13.2 Å². The fourth-order valence-corrected chi connectivity index (χ4v) is 6.11. The number of ether oxygens (including phenoxy) is 1. The lowest BCUT2D eigenvalue weighted by Crippen LogP contribution is -2.24. The minimum absolute atomic E-state index is 0.0116. The molecule has 174 valence electrons. The van der Waals surface area contributed by atoms with Gasteiger partial charge in [-0.15, -0.1) is 0 Å². The fraction of sp³-hybridized carbons (Fsp3) is 0.520. The summed E-state index contributed by atoms with van der Waals surface area (Å²) in [4.78, 5) is 14.1. The van der Waals surface area contributed by atoms with E-state index < -0.39 is 9.84 Å². The highest BCUT2D eigenvalue weighted by Gasteiger charge is 2.35. The zero-order valence-corrected chi connectivity index (χ0v) is 19.9. The summed E-state index contributed by atoms with van der Waals surface area (Å²) >= 11 is 0. The molecule has 1 aromatic carbocycles. The van der Waals surface area contributed by atoms with Gasteiger partial charge in [0.1, 0.15) is 0 Å². The van der Waals surface area contributed by atoms with Crippen molar-refractivity contribution in [3.8, 4) is 5.69 Å². The molecule has 1 atom stereocenters. The Morgan fingerprint density at radius 2 is 1.79 bits per heavy atom. The molecule has 1 aliphatic heterocycles. The van der Waals surface area contributed by atoms with E-state index in [-0.39, 0.29) is 17.7 Å². The molecule has 1 unspecified atom stereocenters. The van der Waals surface area contributed by atoms with Crippen LogP contribution in [0.1, 0.15) is 79.8 Å². The van der Waals surface area contributed by atoms with Crippen molar-refractivity contribution in [2.24, 2.45) is 0 Å². The molecule has 3 fully saturated rings. The topological polar surface area (TPSA) is 83.2 Å². The maximum absolute atomic E-state index is 13.8. The summed E-state index contributed by atoms with van der Waals surface area (Å²) in [5, 5.41) is 5.04. The van der Waals surface area contributed by atoms with Crippen molar-refractivity contribution in [2.45, 2.75) is 74.8 Å². The molecular weight excluding hydrogens is 438 g/mol. The van der Waals surface area contributed by atoms with Crippen molar-refractivity contribution >= 4 is 20.9 Å². The predicted octanol–water partition coefficient (Wildman–Crippen LogP) is 4.35. The number of pyridine rings is 1. The van der Waals surface area contributed by atoms with Crippen LogP contribution in [0, 0.1) is 6.92 Å². The molecule has 1 saturated heterocycles. The van der Waals surface area contributed by atoms with Crippen LogP contribution in [0.15, 0.2) is 34.0 Å². The Morgan fingerprint density at radius 3 is 2.39 bits per heavy atom. The Kier molecular flexibility index (Phi) is 4.82. The predicted molar refractivity (Wildman–Crippen MR) is 126 cm³/mol. The Labute approximate surface area is 193 Å². The summed E-state index contributed by atoms with van der Waals surface area (Å²) in [6.45, 7) is 2.51. The molecule has 0 bridgehead atoms. The van der Waals surface area contributed by atoms with E-state index in [2.05, 4.69) is 6.07 Å². The summed E-state index contributed by atoms with van der Waals surface area (Å²) in [5.41, 5.74) is 4.92. The first-order valence-electron chi connectivity index (χ1n) is 11.9. The molecule has 2 aromatic heterocycles. The fourth-order valence-electron chi connectivity index (χ4n) is 5.15. The first-order chi connectivity index (χ1) is 15.8. The SMILES string of the molecule is Cc1cc(-n2c(=O)c(C3CC3)cc3c2c(C2CC2)nn3C2CCCCO2)ccc1S(C)(=O)=O. The highest BCUT2D eigenvalue weighted by Crippen LogP contribution is 2.45. The summed E-state index contributed by atoms with van der Waals surface area (Å²) in [6, 6.07) is 7.25. The van der Waals surface area contributed by atoms with E-state index in [0.29, 0.717) is 22.1 Å². The maximum atomic E-state index is 13.8. The number of nitrogens with zero attached hydrogens (tertiary/aromatic N) is 3. The van der Waals surface area contributed by atoms with Crippen molar-refractivity contribution in [3.05, 3.63) is 51.4 Å². The molecule has 3 aliphatic rings. The second-order valence-corrected chi connectivity index (χ2v) is 11.9. The average molecular weight is 468 g/mol. The molecule has 0 N–H and O–H groups in total. The number of aromatic nitrogens is 3. The number of aryl methyl sites for hydroxylation is 1. The van der Waals surface area contributed by atoms with Crippen LogP contribution < -0.4 is 5.56 Å². The summed E-state index contributed by atoms with van der Waals surface area (Å²) in [5.74, 6) is 0.635. The molecule has 0 radical (unpaired) electrons. The standard InChI is InChI=1S/C25H29N3O4S/c1-15-13-18(10-11-21(15)33(2,30)31)27-24-20(14-19(25(27)29)16-6-7-16)28(22-5-3-4-12-32-22)26-23(24)17-8-9-17/h10-11,13-14,16-17,22H,3-9,12H2,1-2H3. The highest BCUT2D eigenvalue weighted by molar-refractivity contribution is 7.90. The van der Waals surface area contributed by atoms with Crippen LogP contribution in [0.2, 0.25) is 0 Å². The molecule has 0 spiro atoms. The van der Waals surface area contributed by atoms with E-state index in [4.69, 9.17) is 9.84 Å². The quantitative estimate of drug-likeness (QED) is 0.557. The van der Waals surface area contributed by atoms with Gasteiger partial charge in [0.2, 0.25) is 0 Å². The van der Waals surface area contributed by atoms with Crippen LogP contribution >= 0.6 is 0 Å². The third-order valence-corrected chi connectivity index (χ3v) is 8.40. The lowest BCUT2D eigenvalue weighted by Gasteiger charge is -2.23. The minimum Gasteiger partial charge on any atom is -0.356 e. The number of fused-ring (bicyclic) bond motifs is 1. The summed E-state index contributed by atoms with van der Waals surface area (Å²) < 4.78 is 34.2. The zero-order chi connectivity index (χ0) is 22.9. The van der Waals surface area contributed by atoms with Gasteiger partial charge in [-0.2, -0.15) is 5.10 Å². The van der Waals surface area contributed by atoms with E-state index in [0.717, 1.165) is 73.8 Å². The zero-order valence-electron chi connectivity index (χ0n) is 19.1. The molecule has 3 aromatic rings. The third kappa shape index (κ3) is 3.64. The molecule has 3 heterocycles. The van der Waals surface area contributed by atoms with Crippen LogP contribution in [0.3, 0.4) is 0 Å². The summed E-state index contributed by atoms with van der Waals surface area (Å²) in [7, 11) is -3.34. The summed E-state index contributed by atoms with van der Waals surface area (Å²) in [6.07, 6.45) is 8.38. The van der Waals surface area contributed by atoms with Gasteiger partial charge in [-0.05, 0) is 87.6 Å². The van der Waals surface area contributed by atoms with Gasteiger partial charge in [0.25, 0.3) is 5.56 Å². The number of rotatable bonds is 5. The Bertz CT molecular complexity index is 1420. The van der Waals surface area contributed by atoms with Crippen LogP contribution in [-0.4, -0.2) is 35.6 Å². The van der Waals surface area contributed by atoms with Gasteiger partial charge >= 0.3 is 0 Å². The van der Waals surface area contributed by atoms with E-state index in [1.165, 1.54) is 6.26 Å². The Hall–Kier alpha value is -2.45. The molecule has 8 heteroatoms. The molecule has 0 amide bonds. The van der Waals surface area contributed by atoms with Crippen molar-refractivity contribution in [3.63, 3.8) is 0 Å². The lowest BCUT2D eigenvalue weighted by atomic mass is 10.1. The van der Waals surface area contributed by atoms with Crippen molar-refractivity contribution < 1.29 is 13.2 Å². The van der Waals surface area contributed by atoms with Crippen LogP contribution in [0.4, 0.5) is 0 Å². The van der Waals surface area contributed by atoms with Gasteiger partial charge in [0.15, 0.2) is 16.1 Å². The highest BCUT2D eigenvalue weighted by atomic mass is 32.2. The monoisotopic (exact) mass is 467 g/mol. The number of sulfone groups is 1. The second-order valence-electron chi connectivity index (χ2n) is 9.90. The van der Waals surface area contributed by atoms with Gasteiger partial charge < -0.3 is 4.74 Å². The second kappa shape index (κ2) is 7.53. The van der Waals surface area contributed by atoms with Crippen molar-refractivity contribution in [1.29, 1.82) is 0 Å². The average Bonchev–Trinajstić information content (AvgIpc) is 3.70. The van der Waals surface area contributed by atoms with Gasteiger partial charge in [0.05, 0.1) is 21.6 Å². The maximum Gasteiger partial charge on any atom is 0.259 e. The van der Waals surface area contributed by atoms with E-state index in [1.54, 1.807) is 23.6 Å². The van der Waals surface area contributed by atoms with Gasteiger partial charge in [-0.1, -0.05) is 0 Å². The number of benzene rings is 1. The smallest absolute Gasteiger partial charge is 0.259 e.